The van der Waals surface area contributed by atoms with Gasteiger partial charge in [0.25, 0.3) is 0 Å². The van der Waals surface area contributed by atoms with Gasteiger partial charge in [-0.3, -0.25) is 0 Å². The van der Waals surface area contributed by atoms with Crippen LogP contribution in [0.5, 0.6) is 0 Å². The Labute approximate surface area is 105 Å². The number of nitrogen functional groups attached to an aromatic ring is 1. The second kappa shape index (κ2) is 4.59. The third-order valence-electron chi connectivity index (χ3n) is 2.32. The lowest BCUT2D eigenvalue weighted by Gasteiger charge is -2.10. The number of hydrogen-bond donors (Lipinski definition) is 2. The van der Waals surface area contributed by atoms with Crippen molar-refractivity contribution in [2.75, 3.05) is 11.1 Å². The van der Waals surface area contributed by atoms with Crippen LogP contribution in [0.15, 0.2) is 24.5 Å². The summed E-state index contributed by atoms with van der Waals surface area (Å²) in [6, 6.07) is 6.13. The summed E-state index contributed by atoms with van der Waals surface area (Å²) in [5, 5.41) is 3.39. The monoisotopic (exact) mass is 248 g/mol. The SMILES string of the molecule is Cc1cc(C)cc(Nc2ncnc(Cl)c2N)c1. The quantitative estimate of drug-likeness (QED) is 0.802. The van der Waals surface area contributed by atoms with E-state index < -0.39 is 0 Å². The van der Waals surface area contributed by atoms with E-state index in [9.17, 15) is 0 Å². The lowest BCUT2D eigenvalue weighted by Crippen LogP contribution is -2.01. The predicted molar refractivity (Wildman–Crippen MR) is 70.7 cm³/mol. The normalized spacial score (nSPS) is 10.3. The van der Waals surface area contributed by atoms with Crippen LogP contribution in [-0.2, 0) is 0 Å². The van der Waals surface area contributed by atoms with Crippen LogP contribution in [0.2, 0.25) is 5.15 Å². The van der Waals surface area contributed by atoms with Gasteiger partial charge < -0.3 is 11.1 Å². The molecular formula is C12H13ClN4. The number of nitrogens with two attached hydrogens (primary N) is 1. The minimum absolute atomic E-state index is 0.256. The lowest BCUT2D eigenvalue weighted by atomic mass is 10.1. The number of rotatable bonds is 2. The van der Waals surface area contributed by atoms with E-state index in [0.717, 1.165) is 5.69 Å². The van der Waals surface area contributed by atoms with Crippen LogP contribution in [0.1, 0.15) is 11.1 Å². The molecule has 0 aliphatic carbocycles. The molecule has 0 aliphatic rings. The average molecular weight is 249 g/mol. The Morgan fingerprint density at radius 2 is 1.76 bits per heavy atom. The van der Waals surface area contributed by atoms with Gasteiger partial charge in [0.1, 0.15) is 12.0 Å². The smallest absolute Gasteiger partial charge is 0.158 e. The maximum absolute atomic E-state index is 5.83. The number of aromatic nitrogens is 2. The Balaban J connectivity index is 2.34. The van der Waals surface area contributed by atoms with Crippen molar-refractivity contribution < 1.29 is 0 Å². The first-order valence-electron chi connectivity index (χ1n) is 5.17. The van der Waals surface area contributed by atoms with Gasteiger partial charge in [-0.05, 0) is 37.1 Å². The molecule has 3 N–H and O–H groups in total. The molecule has 2 aromatic rings. The Kier molecular flexibility index (Phi) is 3.15. The van der Waals surface area contributed by atoms with E-state index in [1.807, 2.05) is 26.0 Å². The first kappa shape index (κ1) is 11.7. The van der Waals surface area contributed by atoms with Gasteiger partial charge in [-0.1, -0.05) is 17.7 Å². The number of benzene rings is 1. The molecule has 17 heavy (non-hydrogen) atoms. The number of hydrogen-bond acceptors (Lipinski definition) is 4. The highest BCUT2D eigenvalue weighted by Gasteiger charge is 2.06. The molecule has 0 fully saturated rings. The largest absolute Gasteiger partial charge is 0.393 e. The Bertz CT molecular complexity index is 534. The molecule has 0 saturated carbocycles. The van der Waals surface area contributed by atoms with Crippen molar-refractivity contribution in [1.29, 1.82) is 0 Å². The third-order valence-corrected chi connectivity index (χ3v) is 2.62. The summed E-state index contributed by atoms with van der Waals surface area (Å²) < 4.78 is 0. The molecule has 2 rings (SSSR count). The fraction of sp³-hybridized carbons (Fsp3) is 0.167. The van der Waals surface area contributed by atoms with Crippen molar-refractivity contribution in [3.8, 4) is 0 Å². The van der Waals surface area contributed by atoms with Gasteiger partial charge >= 0.3 is 0 Å². The molecular weight excluding hydrogens is 236 g/mol. The molecule has 4 nitrogen and oxygen atoms in total. The third kappa shape index (κ3) is 2.65. The van der Waals surface area contributed by atoms with Gasteiger partial charge in [0.15, 0.2) is 11.0 Å². The van der Waals surface area contributed by atoms with E-state index in [2.05, 4.69) is 21.4 Å². The molecule has 0 atom stereocenters. The molecule has 5 heteroatoms. The predicted octanol–water partition coefficient (Wildman–Crippen LogP) is 3.07. The summed E-state index contributed by atoms with van der Waals surface area (Å²) in [5.74, 6) is 0.523. The van der Waals surface area contributed by atoms with Crippen molar-refractivity contribution in [1.82, 2.24) is 9.97 Å². The van der Waals surface area contributed by atoms with Crippen LogP contribution in [0.3, 0.4) is 0 Å². The van der Waals surface area contributed by atoms with Crippen LogP contribution in [0.4, 0.5) is 17.2 Å². The van der Waals surface area contributed by atoms with Gasteiger partial charge in [0.05, 0.1) is 0 Å². The van der Waals surface area contributed by atoms with Crippen molar-refractivity contribution >= 4 is 28.8 Å². The minimum Gasteiger partial charge on any atom is -0.393 e. The number of nitrogens with one attached hydrogen (secondary N) is 1. The summed E-state index contributed by atoms with van der Waals surface area (Å²) in [6.07, 6.45) is 1.38. The molecule has 0 bridgehead atoms. The van der Waals surface area contributed by atoms with Crippen molar-refractivity contribution in [3.05, 3.63) is 40.8 Å². The number of halogens is 1. The van der Waals surface area contributed by atoms with Crippen LogP contribution >= 0.6 is 11.6 Å². The van der Waals surface area contributed by atoms with E-state index in [0.29, 0.717) is 11.5 Å². The van der Waals surface area contributed by atoms with Crippen molar-refractivity contribution in [2.24, 2.45) is 0 Å². The molecule has 0 unspecified atom stereocenters. The zero-order chi connectivity index (χ0) is 12.4. The van der Waals surface area contributed by atoms with E-state index in [4.69, 9.17) is 17.3 Å². The first-order chi connectivity index (χ1) is 8.06. The maximum atomic E-state index is 5.83. The van der Waals surface area contributed by atoms with E-state index in [-0.39, 0.29) is 5.15 Å². The van der Waals surface area contributed by atoms with E-state index >= 15 is 0 Å². The van der Waals surface area contributed by atoms with Gasteiger partial charge in [0, 0.05) is 5.69 Å². The van der Waals surface area contributed by atoms with Gasteiger partial charge in [-0.2, -0.15) is 0 Å². The highest BCUT2D eigenvalue weighted by Crippen LogP contribution is 2.26. The zero-order valence-corrected chi connectivity index (χ0v) is 10.4. The molecule has 0 radical (unpaired) electrons. The molecule has 88 valence electrons. The van der Waals surface area contributed by atoms with E-state index in [1.165, 1.54) is 17.5 Å². The summed E-state index contributed by atoms with van der Waals surface area (Å²) >= 11 is 5.83. The van der Waals surface area contributed by atoms with Gasteiger partial charge in [-0.25, -0.2) is 9.97 Å². The highest BCUT2D eigenvalue weighted by molar-refractivity contribution is 6.32. The Morgan fingerprint density at radius 3 is 2.41 bits per heavy atom. The van der Waals surface area contributed by atoms with Crippen LogP contribution in [-0.4, -0.2) is 9.97 Å². The lowest BCUT2D eigenvalue weighted by molar-refractivity contribution is 1.17. The molecule has 1 aromatic heterocycles. The number of aryl methyl sites for hydroxylation is 2. The standard InChI is InChI=1S/C12H13ClN4/c1-7-3-8(2)5-9(4-7)17-12-10(14)11(13)15-6-16-12/h3-6H,14H2,1-2H3,(H,15,16,17). The molecule has 0 aliphatic heterocycles. The van der Waals surface area contributed by atoms with Crippen LogP contribution in [0, 0.1) is 13.8 Å². The molecule has 0 amide bonds. The fourth-order valence-corrected chi connectivity index (χ4v) is 1.79. The van der Waals surface area contributed by atoms with E-state index in [1.54, 1.807) is 0 Å². The topological polar surface area (TPSA) is 63.8 Å². The van der Waals surface area contributed by atoms with Crippen molar-refractivity contribution in [3.63, 3.8) is 0 Å². The second-order valence-corrected chi connectivity index (χ2v) is 4.29. The summed E-state index contributed by atoms with van der Waals surface area (Å²) in [6.45, 7) is 4.07. The van der Waals surface area contributed by atoms with Gasteiger partial charge in [0.2, 0.25) is 0 Å². The highest BCUT2D eigenvalue weighted by atomic mass is 35.5. The maximum Gasteiger partial charge on any atom is 0.158 e. The molecule has 0 spiro atoms. The van der Waals surface area contributed by atoms with Crippen LogP contribution in [0.25, 0.3) is 0 Å². The fourth-order valence-electron chi connectivity index (χ4n) is 1.66. The van der Waals surface area contributed by atoms with Crippen molar-refractivity contribution in [2.45, 2.75) is 13.8 Å². The molecule has 1 heterocycles. The Hall–Kier alpha value is -1.81. The average Bonchev–Trinajstić information content (AvgIpc) is 2.23. The molecule has 1 aromatic carbocycles. The molecule has 0 saturated heterocycles. The Morgan fingerprint density at radius 1 is 1.12 bits per heavy atom. The minimum atomic E-state index is 0.256. The first-order valence-corrected chi connectivity index (χ1v) is 5.55. The number of nitrogens with zero attached hydrogens (tertiary/aromatic N) is 2. The summed E-state index contributed by atoms with van der Waals surface area (Å²) in [5.41, 5.74) is 9.42. The zero-order valence-electron chi connectivity index (χ0n) is 9.66. The number of anilines is 3. The second-order valence-electron chi connectivity index (χ2n) is 3.93. The van der Waals surface area contributed by atoms with Gasteiger partial charge in [-0.15, -0.1) is 0 Å². The summed E-state index contributed by atoms with van der Waals surface area (Å²) in [4.78, 5) is 7.87. The van der Waals surface area contributed by atoms with Crippen LogP contribution < -0.4 is 11.1 Å². The summed E-state index contributed by atoms with van der Waals surface area (Å²) in [7, 11) is 0.